The van der Waals surface area contributed by atoms with Crippen molar-refractivity contribution in [2.75, 3.05) is 17.4 Å². The Morgan fingerprint density at radius 3 is 2.30 bits per heavy atom. The third-order valence-electron chi connectivity index (χ3n) is 2.21. The molecule has 0 atom stereocenters. The molecule has 0 heterocycles. The van der Waals surface area contributed by atoms with Crippen LogP contribution in [0.2, 0.25) is 0 Å². The second kappa shape index (κ2) is 10.5. The van der Waals surface area contributed by atoms with E-state index in [0.717, 1.165) is 0 Å². The van der Waals surface area contributed by atoms with E-state index in [1.807, 2.05) is 31.2 Å². The summed E-state index contributed by atoms with van der Waals surface area (Å²) in [7, 11) is -3.16. The molecule has 0 aliphatic carbocycles. The van der Waals surface area contributed by atoms with Crippen LogP contribution in [0.25, 0.3) is 6.08 Å². The molecule has 4 nitrogen and oxygen atoms in total. The molecule has 1 aromatic carbocycles. The number of alkyl halides is 1. The van der Waals surface area contributed by atoms with Crippen molar-refractivity contribution in [3.8, 4) is 0 Å². The first-order valence-corrected chi connectivity index (χ1v) is 8.49. The minimum absolute atomic E-state index is 0.0566. The zero-order valence-corrected chi connectivity index (χ0v) is 13.0. The van der Waals surface area contributed by atoms with Crippen LogP contribution in [-0.4, -0.2) is 31.7 Å². The highest BCUT2D eigenvalue weighted by atomic mass is 35.5. The lowest BCUT2D eigenvalue weighted by atomic mass is 10.2. The average Bonchev–Trinajstić information content (AvgIpc) is 2.39. The average molecular weight is 318 g/mol. The van der Waals surface area contributed by atoms with Gasteiger partial charge in [0.05, 0.1) is 11.5 Å². The number of hydrogen-bond donors (Lipinski definition) is 1. The van der Waals surface area contributed by atoms with Crippen molar-refractivity contribution in [2.45, 2.75) is 13.3 Å². The normalized spacial score (nSPS) is 10.9. The predicted molar refractivity (Wildman–Crippen MR) is 84.3 cm³/mol. The van der Waals surface area contributed by atoms with Gasteiger partial charge in [-0.3, -0.25) is 4.79 Å². The molecule has 0 aromatic heterocycles. The molecular weight excluding hydrogens is 298 g/mol. The quantitative estimate of drug-likeness (QED) is 0.817. The maximum absolute atomic E-state index is 10.8. The molecule has 6 heteroatoms. The zero-order valence-electron chi connectivity index (χ0n) is 11.5. The maximum Gasteiger partial charge on any atom is 0.218 e. The van der Waals surface area contributed by atoms with Crippen LogP contribution in [0.15, 0.2) is 36.4 Å². The summed E-state index contributed by atoms with van der Waals surface area (Å²) >= 11 is 5.21. The highest BCUT2D eigenvalue weighted by molar-refractivity contribution is 7.91. The molecule has 0 saturated carbocycles. The van der Waals surface area contributed by atoms with E-state index in [9.17, 15) is 13.2 Å². The summed E-state index contributed by atoms with van der Waals surface area (Å²) in [6, 6.07) is 10.3. The summed E-state index contributed by atoms with van der Waals surface area (Å²) in [5.41, 5.74) is 6.02. The summed E-state index contributed by atoms with van der Waals surface area (Å²) in [5, 5.41) is 0. The van der Waals surface area contributed by atoms with Crippen LogP contribution in [0, 0.1) is 0 Å². The number of halogens is 1. The minimum Gasteiger partial charge on any atom is -0.370 e. The van der Waals surface area contributed by atoms with Crippen LogP contribution >= 0.6 is 11.6 Å². The molecule has 0 aliphatic heterocycles. The summed E-state index contributed by atoms with van der Waals surface area (Å²) < 4.78 is 21.7. The highest BCUT2D eigenvalue weighted by Gasteiger charge is 2.10. The Kier molecular flexibility index (Phi) is 9.76. The number of hydrogen-bond acceptors (Lipinski definition) is 3. The van der Waals surface area contributed by atoms with E-state index < -0.39 is 15.7 Å². The van der Waals surface area contributed by atoms with Crippen molar-refractivity contribution >= 4 is 33.4 Å². The molecular formula is C14H20ClNO3S. The standard InChI is InChI=1S/C9H10.C5H10ClNO3S/c1-2-6-9-7-4-3-5-8-9;6-2-4-11(9,10)3-1-5(7)8/h2-8H,1H3;1-4H2,(H2,7,8). The molecule has 2 N–H and O–H groups in total. The van der Waals surface area contributed by atoms with Gasteiger partial charge in [-0.15, -0.1) is 11.6 Å². The van der Waals surface area contributed by atoms with Gasteiger partial charge < -0.3 is 5.73 Å². The van der Waals surface area contributed by atoms with Gasteiger partial charge in [-0.05, 0) is 12.5 Å². The number of allylic oxidation sites excluding steroid dienone is 1. The highest BCUT2D eigenvalue weighted by Crippen LogP contribution is 1.99. The maximum atomic E-state index is 10.8. The van der Waals surface area contributed by atoms with Crippen LogP contribution < -0.4 is 5.73 Å². The number of amides is 1. The van der Waals surface area contributed by atoms with Gasteiger partial charge in [-0.25, -0.2) is 8.42 Å². The molecule has 0 saturated heterocycles. The lowest BCUT2D eigenvalue weighted by molar-refractivity contribution is -0.117. The molecule has 1 amide bonds. The van der Waals surface area contributed by atoms with E-state index in [4.69, 9.17) is 17.3 Å². The number of nitrogens with two attached hydrogens (primary N) is 1. The zero-order chi connectivity index (χ0) is 15.4. The Bertz CT molecular complexity index is 512. The summed E-state index contributed by atoms with van der Waals surface area (Å²) in [6.07, 6.45) is 3.99. The van der Waals surface area contributed by atoms with Crippen LogP contribution in [0.5, 0.6) is 0 Å². The molecule has 0 bridgehead atoms. The van der Waals surface area contributed by atoms with Crippen molar-refractivity contribution in [1.82, 2.24) is 0 Å². The first-order valence-electron chi connectivity index (χ1n) is 6.13. The molecule has 0 unspecified atom stereocenters. The van der Waals surface area contributed by atoms with Crippen molar-refractivity contribution < 1.29 is 13.2 Å². The first kappa shape index (κ1) is 18.7. The van der Waals surface area contributed by atoms with Crippen LogP contribution in [0.3, 0.4) is 0 Å². The third kappa shape index (κ3) is 10.6. The van der Waals surface area contributed by atoms with Crippen molar-refractivity contribution in [3.63, 3.8) is 0 Å². The molecule has 0 spiro atoms. The predicted octanol–water partition coefficient (Wildman–Crippen LogP) is 2.24. The van der Waals surface area contributed by atoms with Crippen molar-refractivity contribution in [3.05, 3.63) is 42.0 Å². The van der Waals surface area contributed by atoms with Crippen LogP contribution in [-0.2, 0) is 14.6 Å². The van der Waals surface area contributed by atoms with E-state index >= 15 is 0 Å². The van der Waals surface area contributed by atoms with E-state index in [1.165, 1.54) is 5.56 Å². The molecule has 1 aromatic rings. The molecule has 0 radical (unpaired) electrons. The smallest absolute Gasteiger partial charge is 0.218 e. The number of rotatable bonds is 6. The van der Waals surface area contributed by atoms with E-state index in [2.05, 4.69) is 18.2 Å². The lowest BCUT2D eigenvalue weighted by Crippen LogP contribution is -2.19. The lowest BCUT2D eigenvalue weighted by Gasteiger charge is -1.97. The first-order chi connectivity index (χ1) is 9.41. The number of primary amides is 1. The van der Waals surface area contributed by atoms with Gasteiger partial charge >= 0.3 is 0 Å². The van der Waals surface area contributed by atoms with Gasteiger partial charge in [0.2, 0.25) is 5.91 Å². The Morgan fingerprint density at radius 2 is 1.85 bits per heavy atom. The Morgan fingerprint density at radius 1 is 1.25 bits per heavy atom. The van der Waals surface area contributed by atoms with Gasteiger partial charge in [0.15, 0.2) is 9.84 Å². The van der Waals surface area contributed by atoms with Crippen LogP contribution in [0.1, 0.15) is 18.9 Å². The summed E-state index contributed by atoms with van der Waals surface area (Å²) in [6.45, 7) is 2.02. The third-order valence-corrected chi connectivity index (χ3v) is 4.27. The SMILES string of the molecule is CC=Cc1ccccc1.NC(=O)CCS(=O)(=O)CCCl. The topological polar surface area (TPSA) is 77.2 Å². The van der Waals surface area contributed by atoms with Gasteiger partial charge in [-0.2, -0.15) is 0 Å². The molecule has 0 aliphatic rings. The fourth-order valence-corrected chi connectivity index (χ4v) is 2.89. The fourth-order valence-electron chi connectivity index (χ4n) is 1.23. The van der Waals surface area contributed by atoms with Crippen LogP contribution in [0.4, 0.5) is 0 Å². The monoisotopic (exact) mass is 317 g/mol. The van der Waals surface area contributed by atoms with Crippen molar-refractivity contribution in [1.29, 1.82) is 0 Å². The van der Waals surface area contributed by atoms with E-state index in [0.29, 0.717) is 0 Å². The van der Waals surface area contributed by atoms with E-state index in [-0.39, 0.29) is 23.8 Å². The van der Waals surface area contributed by atoms with Gasteiger partial charge in [-0.1, -0.05) is 42.5 Å². The molecule has 0 fully saturated rings. The Labute approximate surface area is 125 Å². The Balaban J connectivity index is 0.000000367. The second-order valence-corrected chi connectivity index (χ2v) is 6.65. The van der Waals surface area contributed by atoms with E-state index in [1.54, 1.807) is 0 Å². The van der Waals surface area contributed by atoms with Gasteiger partial charge in [0, 0.05) is 12.3 Å². The second-order valence-electron chi connectivity index (χ2n) is 3.97. The fraction of sp³-hybridized carbons (Fsp3) is 0.357. The number of carbonyl (C=O) groups excluding carboxylic acids is 1. The molecule has 1 rings (SSSR count). The molecule has 112 valence electrons. The summed E-state index contributed by atoms with van der Waals surface area (Å²) in [4.78, 5) is 10.2. The molecule has 20 heavy (non-hydrogen) atoms. The number of benzene rings is 1. The summed E-state index contributed by atoms with van der Waals surface area (Å²) in [5.74, 6) is -0.846. The number of sulfone groups is 1. The minimum atomic E-state index is -3.16. The van der Waals surface area contributed by atoms with Gasteiger partial charge in [0.1, 0.15) is 0 Å². The van der Waals surface area contributed by atoms with Gasteiger partial charge in [0.25, 0.3) is 0 Å². The van der Waals surface area contributed by atoms with Crippen molar-refractivity contribution in [2.24, 2.45) is 5.73 Å². The largest absolute Gasteiger partial charge is 0.370 e. The number of carbonyl (C=O) groups is 1. The Hall–Kier alpha value is -1.33.